The van der Waals surface area contributed by atoms with Gasteiger partial charge in [0.15, 0.2) is 0 Å². The van der Waals surface area contributed by atoms with Gasteiger partial charge in [0.1, 0.15) is 11.5 Å². The van der Waals surface area contributed by atoms with Gasteiger partial charge in [-0.1, -0.05) is 30.3 Å². The first-order valence-corrected chi connectivity index (χ1v) is 8.85. The summed E-state index contributed by atoms with van der Waals surface area (Å²) < 4.78 is 10.8. The molecule has 1 amide bonds. The number of ether oxygens (including phenoxy) is 2. The number of carbonyl (C=O) groups is 1. The molecule has 1 N–H and O–H groups in total. The van der Waals surface area contributed by atoms with Crippen LogP contribution in [0.1, 0.15) is 37.7 Å². The van der Waals surface area contributed by atoms with Gasteiger partial charge in [0.25, 0.3) is 0 Å². The van der Waals surface area contributed by atoms with Crippen LogP contribution in [-0.2, 0) is 10.3 Å². The van der Waals surface area contributed by atoms with Crippen LogP contribution in [0.5, 0.6) is 11.5 Å². The second-order valence-electron chi connectivity index (χ2n) is 6.48. The number of hydrogen-bond donors (Lipinski definition) is 1. The lowest BCUT2D eigenvalue weighted by atomic mass is 9.71. The van der Waals surface area contributed by atoms with Crippen molar-refractivity contribution in [1.29, 1.82) is 0 Å². The van der Waals surface area contributed by atoms with E-state index in [0.29, 0.717) is 19.4 Å². The summed E-state index contributed by atoms with van der Waals surface area (Å²) in [5.41, 5.74) is 1.05. The highest BCUT2D eigenvalue weighted by molar-refractivity contribution is 5.77. The second-order valence-corrected chi connectivity index (χ2v) is 6.48. The summed E-state index contributed by atoms with van der Waals surface area (Å²) in [5, 5.41) is 3.25. The van der Waals surface area contributed by atoms with Crippen LogP contribution in [0.4, 0.5) is 0 Å². The van der Waals surface area contributed by atoms with Crippen molar-refractivity contribution >= 4 is 5.91 Å². The van der Waals surface area contributed by atoms with Crippen LogP contribution in [0.15, 0.2) is 54.6 Å². The lowest BCUT2D eigenvalue weighted by Gasteiger charge is -2.43. The minimum atomic E-state index is -0.158. The Morgan fingerprint density at radius 3 is 2.32 bits per heavy atom. The molecule has 4 nitrogen and oxygen atoms in total. The fourth-order valence-electron chi connectivity index (χ4n) is 3.20. The van der Waals surface area contributed by atoms with E-state index in [9.17, 15) is 4.79 Å². The predicted octanol–water partition coefficient (Wildman–Crippen LogP) is 4.05. The van der Waals surface area contributed by atoms with E-state index in [1.807, 2.05) is 42.5 Å². The first kappa shape index (κ1) is 17.3. The highest BCUT2D eigenvalue weighted by Crippen LogP contribution is 2.41. The molecule has 0 heterocycles. The fourth-order valence-corrected chi connectivity index (χ4v) is 3.20. The van der Waals surface area contributed by atoms with Gasteiger partial charge in [-0.2, -0.15) is 0 Å². The summed E-state index contributed by atoms with van der Waals surface area (Å²) in [4.78, 5) is 12.3. The highest BCUT2D eigenvalue weighted by atomic mass is 16.5. The molecule has 1 fully saturated rings. The molecule has 0 unspecified atom stereocenters. The molecule has 25 heavy (non-hydrogen) atoms. The molecule has 2 aromatic rings. The predicted molar refractivity (Wildman–Crippen MR) is 97.8 cm³/mol. The van der Waals surface area contributed by atoms with Crippen molar-refractivity contribution in [2.24, 2.45) is 0 Å². The average Bonchev–Trinajstić information content (AvgIpc) is 2.63. The second kappa shape index (κ2) is 8.06. The Morgan fingerprint density at radius 1 is 1.04 bits per heavy atom. The molecule has 1 saturated carbocycles. The van der Waals surface area contributed by atoms with Gasteiger partial charge < -0.3 is 14.8 Å². The topological polar surface area (TPSA) is 47.6 Å². The molecule has 0 aliphatic heterocycles. The largest absolute Gasteiger partial charge is 0.497 e. The Balaban J connectivity index is 1.43. The van der Waals surface area contributed by atoms with Crippen molar-refractivity contribution in [3.05, 3.63) is 60.2 Å². The van der Waals surface area contributed by atoms with Crippen molar-refractivity contribution in [2.75, 3.05) is 13.7 Å². The molecule has 0 spiro atoms. The minimum absolute atomic E-state index is 0.0990. The molecular formula is C21H25NO3. The Labute approximate surface area is 149 Å². The molecular weight excluding hydrogens is 314 g/mol. The maximum Gasteiger partial charge on any atom is 0.220 e. The van der Waals surface area contributed by atoms with Crippen molar-refractivity contribution in [3.63, 3.8) is 0 Å². The number of rotatable bonds is 8. The van der Waals surface area contributed by atoms with Crippen LogP contribution in [-0.4, -0.2) is 19.6 Å². The van der Waals surface area contributed by atoms with Gasteiger partial charge in [-0.25, -0.2) is 0 Å². The van der Waals surface area contributed by atoms with Gasteiger partial charge in [0, 0.05) is 6.42 Å². The molecule has 0 saturated heterocycles. The molecule has 132 valence electrons. The van der Waals surface area contributed by atoms with Crippen LogP contribution >= 0.6 is 0 Å². The zero-order valence-corrected chi connectivity index (χ0v) is 14.7. The van der Waals surface area contributed by atoms with Crippen LogP contribution in [0.3, 0.4) is 0 Å². The Kier molecular flexibility index (Phi) is 5.59. The van der Waals surface area contributed by atoms with Gasteiger partial charge in [-0.3, -0.25) is 4.79 Å². The van der Waals surface area contributed by atoms with Gasteiger partial charge in [0.05, 0.1) is 19.3 Å². The SMILES string of the molecule is COc1ccc(OCCCC(=O)NC2(c3ccccc3)CCC2)cc1. The number of amides is 1. The van der Waals surface area contributed by atoms with Crippen LogP contribution < -0.4 is 14.8 Å². The molecule has 2 aromatic carbocycles. The first-order valence-electron chi connectivity index (χ1n) is 8.85. The number of nitrogens with one attached hydrogen (secondary N) is 1. The first-order chi connectivity index (χ1) is 12.2. The highest BCUT2D eigenvalue weighted by Gasteiger charge is 2.39. The molecule has 0 radical (unpaired) electrons. The van der Waals surface area contributed by atoms with Gasteiger partial charge in [-0.15, -0.1) is 0 Å². The van der Waals surface area contributed by atoms with Gasteiger partial charge in [-0.05, 0) is 55.5 Å². The number of benzene rings is 2. The van der Waals surface area contributed by atoms with E-state index in [1.54, 1.807) is 7.11 Å². The molecule has 0 bridgehead atoms. The Morgan fingerprint density at radius 2 is 1.72 bits per heavy atom. The van der Waals surface area contributed by atoms with E-state index in [4.69, 9.17) is 9.47 Å². The third-order valence-corrected chi connectivity index (χ3v) is 4.79. The Hall–Kier alpha value is -2.49. The third-order valence-electron chi connectivity index (χ3n) is 4.79. The summed E-state index contributed by atoms with van der Waals surface area (Å²) >= 11 is 0. The van der Waals surface area contributed by atoms with Gasteiger partial charge in [0.2, 0.25) is 5.91 Å². The summed E-state index contributed by atoms with van der Waals surface area (Å²) in [7, 11) is 1.64. The standard InChI is InChI=1S/C21H25NO3/c1-24-18-10-12-19(13-11-18)25-16-5-9-20(23)22-21(14-6-15-21)17-7-3-2-4-8-17/h2-4,7-8,10-13H,5-6,9,14-16H2,1H3,(H,22,23). The van der Waals surface area contributed by atoms with E-state index in [2.05, 4.69) is 17.4 Å². The Bertz CT molecular complexity index is 678. The number of hydrogen-bond acceptors (Lipinski definition) is 3. The molecule has 4 heteroatoms. The smallest absolute Gasteiger partial charge is 0.220 e. The third kappa shape index (κ3) is 4.32. The normalized spacial score (nSPS) is 15.1. The zero-order valence-electron chi connectivity index (χ0n) is 14.7. The zero-order chi connectivity index (χ0) is 17.5. The number of carbonyl (C=O) groups excluding carboxylic acids is 1. The van der Waals surface area contributed by atoms with E-state index in [-0.39, 0.29) is 11.4 Å². The molecule has 0 aromatic heterocycles. The molecule has 1 aliphatic rings. The van der Waals surface area contributed by atoms with Crippen LogP contribution in [0.2, 0.25) is 0 Å². The monoisotopic (exact) mass is 339 g/mol. The van der Waals surface area contributed by atoms with E-state index in [1.165, 1.54) is 5.56 Å². The lowest BCUT2D eigenvalue weighted by molar-refractivity contribution is -0.124. The van der Waals surface area contributed by atoms with Crippen molar-refractivity contribution in [3.8, 4) is 11.5 Å². The van der Waals surface area contributed by atoms with E-state index in [0.717, 1.165) is 30.8 Å². The minimum Gasteiger partial charge on any atom is -0.497 e. The lowest BCUT2D eigenvalue weighted by Crippen LogP contribution is -2.50. The summed E-state index contributed by atoms with van der Waals surface area (Å²) in [6.07, 6.45) is 4.37. The fraction of sp³-hybridized carbons (Fsp3) is 0.381. The van der Waals surface area contributed by atoms with E-state index < -0.39 is 0 Å². The van der Waals surface area contributed by atoms with Crippen molar-refractivity contribution in [2.45, 2.75) is 37.6 Å². The summed E-state index contributed by atoms with van der Waals surface area (Å²) in [5.74, 6) is 1.70. The quantitative estimate of drug-likeness (QED) is 0.738. The molecule has 3 rings (SSSR count). The summed E-state index contributed by atoms with van der Waals surface area (Å²) in [6.45, 7) is 0.526. The van der Waals surface area contributed by atoms with Crippen LogP contribution in [0.25, 0.3) is 0 Å². The van der Waals surface area contributed by atoms with Crippen molar-refractivity contribution < 1.29 is 14.3 Å². The maximum atomic E-state index is 12.3. The molecule has 1 aliphatic carbocycles. The molecule has 0 atom stereocenters. The van der Waals surface area contributed by atoms with Gasteiger partial charge >= 0.3 is 0 Å². The van der Waals surface area contributed by atoms with Crippen LogP contribution in [0, 0.1) is 0 Å². The van der Waals surface area contributed by atoms with E-state index >= 15 is 0 Å². The number of methoxy groups -OCH3 is 1. The summed E-state index contributed by atoms with van der Waals surface area (Å²) in [6, 6.07) is 17.8. The average molecular weight is 339 g/mol. The maximum absolute atomic E-state index is 12.3. The van der Waals surface area contributed by atoms with Crippen molar-refractivity contribution in [1.82, 2.24) is 5.32 Å².